The van der Waals surface area contributed by atoms with Crippen molar-refractivity contribution in [3.05, 3.63) is 101 Å². The average molecular weight is 407 g/mol. The first-order chi connectivity index (χ1) is 14.3. The highest BCUT2D eigenvalue weighted by atomic mass is 19.4. The van der Waals surface area contributed by atoms with Crippen LogP contribution in [0.1, 0.15) is 32.6 Å². The zero-order valence-electron chi connectivity index (χ0n) is 15.9. The molecule has 0 atom stereocenters. The van der Waals surface area contributed by atoms with Gasteiger partial charge in [-0.3, -0.25) is 9.59 Å². The molecule has 0 bridgehead atoms. The summed E-state index contributed by atoms with van der Waals surface area (Å²) >= 11 is 0. The quantitative estimate of drug-likeness (QED) is 0.401. The molecule has 3 aromatic rings. The molecule has 6 heteroatoms. The van der Waals surface area contributed by atoms with E-state index < -0.39 is 23.6 Å². The number of benzene rings is 3. The Morgan fingerprint density at radius 2 is 1.50 bits per heavy atom. The van der Waals surface area contributed by atoms with E-state index in [0.29, 0.717) is 16.8 Å². The molecular formula is C24H16F3NO2. The van der Waals surface area contributed by atoms with E-state index in [0.717, 1.165) is 22.6 Å². The van der Waals surface area contributed by atoms with E-state index >= 15 is 0 Å². The van der Waals surface area contributed by atoms with Gasteiger partial charge in [-0.2, -0.15) is 13.2 Å². The summed E-state index contributed by atoms with van der Waals surface area (Å²) in [7, 11) is 0. The molecule has 150 valence electrons. The lowest BCUT2D eigenvalue weighted by molar-refractivity contribution is -0.137. The number of alkyl halides is 3. The fourth-order valence-electron chi connectivity index (χ4n) is 3.47. The molecule has 1 aliphatic heterocycles. The number of rotatable bonds is 2. The monoisotopic (exact) mass is 407 g/mol. The van der Waals surface area contributed by atoms with E-state index in [-0.39, 0.29) is 11.1 Å². The smallest absolute Gasteiger partial charge is 0.268 e. The van der Waals surface area contributed by atoms with Gasteiger partial charge in [-0.05, 0) is 60.0 Å². The molecule has 1 aliphatic rings. The van der Waals surface area contributed by atoms with Crippen LogP contribution < -0.4 is 4.90 Å². The number of nitrogens with zero attached hydrogens (tertiary/aromatic N) is 1. The molecule has 0 spiro atoms. The van der Waals surface area contributed by atoms with Gasteiger partial charge in [0, 0.05) is 11.1 Å². The third-order valence-corrected chi connectivity index (χ3v) is 4.87. The molecule has 4 rings (SSSR count). The van der Waals surface area contributed by atoms with Crippen molar-refractivity contribution in [2.24, 2.45) is 0 Å². The first-order valence-electron chi connectivity index (χ1n) is 9.19. The molecule has 0 fully saturated rings. The van der Waals surface area contributed by atoms with Crippen LogP contribution in [-0.2, 0) is 11.0 Å². The molecule has 3 aromatic carbocycles. The van der Waals surface area contributed by atoms with Crippen LogP contribution in [0.3, 0.4) is 0 Å². The van der Waals surface area contributed by atoms with Crippen molar-refractivity contribution in [3.8, 4) is 0 Å². The third kappa shape index (κ3) is 3.52. The van der Waals surface area contributed by atoms with Gasteiger partial charge in [0.2, 0.25) is 0 Å². The molecule has 0 aromatic heterocycles. The van der Waals surface area contributed by atoms with Gasteiger partial charge in [-0.25, -0.2) is 4.90 Å². The minimum absolute atomic E-state index is 0.158. The Morgan fingerprint density at radius 1 is 0.800 bits per heavy atom. The number of halogens is 3. The number of carbonyl (C=O) groups excluding carboxylic acids is 2. The molecule has 0 aliphatic carbocycles. The zero-order valence-corrected chi connectivity index (χ0v) is 15.9. The van der Waals surface area contributed by atoms with E-state index in [1.807, 2.05) is 13.0 Å². The van der Waals surface area contributed by atoms with Crippen LogP contribution in [0.15, 0.2) is 72.8 Å². The minimum atomic E-state index is -4.49. The number of amides is 2. The van der Waals surface area contributed by atoms with Crippen LogP contribution >= 0.6 is 0 Å². The summed E-state index contributed by atoms with van der Waals surface area (Å²) in [6.07, 6.45) is -3.10. The highest BCUT2D eigenvalue weighted by Gasteiger charge is 2.36. The van der Waals surface area contributed by atoms with Crippen molar-refractivity contribution in [1.29, 1.82) is 0 Å². The van der Waals surface area contributed by atoms with Crippen molar-refractivity contribution in [2.45, 2.75) is 13.1 Å². The lowest BCUT2D eigenvalue weighted by atomic mass is 9.91. The second-order valence-electron chi connectivity index (χ2n) is 7.01. The third-order valence-electron chi connectivity index (χ3n) is 4.87. The number of aryl methyl sites for hydroxylation is 1. The SMILES string of the molecule is Cc1cccc(N2C(=O)C(=Cc3cccc(C(F)(F)F)c3)c3ccccc3C2=O)c1. The van der Waals surface area contributed by atoms with Gasteiger partial charge in [0.15, 0.2) is 0 Å². The molecule has 1 heterocycles. The van der Waals surface area contributed by atoms with Crippen molar-refractivity contribution in [3.63, 3.8) is 0 Å². The number of hydrogen-bond donors (Lipinski definition) is 0. The van der Waals surface area contributed by atoms with E-state index in [9.17, 15) is 22.8 Å². The molecule has 0 N–H and O–H groups in total. The van der Waals surface area contributed by atoms with Gasteiger partial charge < -0.3 is 0 Å². The van der Waals surface area contributed by atoms with Crippen LogP contribution in [0, 0.1) is 6.92 Å². The second kappa shape index (κ2) is 7.30. The Balaban J connectivity index is 1.89. The Bertz CT molecular complexity index is 1190. The maximum absolute atomic E-state index is 13.3. The largest absolute Gasteiger partial charge is 0.416 e. The highest BCUT2D eigenvalue weighted by molar-refractivity contribution is 6.43. The van der Waals surface area contributed by atoms with Gasteiger partial charge in [0.25, 0.3) is 11.8 Å². The average Bonchev–Trinajstić information content (AvgIpc) is 2.71. The first kappa shape index (κ1) is 19.6. The lowest BCUT2D eigenvalue weighted by Crippen LogP contribution is -2.41. The van der Waals surface area contributed by atoms with Crippen molar-refractivity contribution in [1.82, 2.24) is 0 Å². The summed E-state index contributed by atoms with van der Waals surface area (Å²) in [5.74, 6) is -1.05. The van der Waals surface area contributed by atoms with Gasteiger partial charge in [-0.15, -0.1) is 0 Å². The van der Waals surface area contributed by atoms with Gasteiger partial charge in [0.05, 0.1) is 11.3 Å². The molecule has 0 unspecified atom stereocenters. The first-order valence-corrected chi connectivity index (χ1v) is 9.19. The van der Waals surface area contributed by atoms with Gasteiger partial charge in [0.1, 0.15) is 0 Å². The summed E-state index contributed by atoms with van der Waals surface area (Å²) in [5, 5.41) is 0. The number of fused-ring (bicyclic) bond motifs is 1. The summed E-state index contributed by atoms with van der Waals surface area (Å²) in [4.78, 5) is 27.4. The molecule has 30 heavy (non-hydrogen) atoms. The van der Waals surface area contributed by atoms with E-state index in [4.69, 9.17) is 0 Å². The number of imide groups is 1. The molecule has 3 nitrogen and oxygen atoms in total. The van der Waals surface area contributed by atoms with Crippen LogP contribution in [0.25, 0.3) is 11.6 Å². The van der Waals surface area contributed by atoms with Crippen molar-refractivity contribution in [2.75, 3.05) is 4.90 Å². The number of hydrogen-bond acceptors (Lipinski definition) is 2. The lowest BCUT2D eigenvalue weighted by Gasteiger charge is -2.29. The fourth-order valence-corrected chi connectivity index (χ4v) is 3.47. The van der Waals surface area contributed by atoms with Crippen molar-refractivity contribution >= 4 is 29.2 Å². The van der Waals surface area contributed by atoms with Crippen LogP contribution in [0.4, 0.5) is 18.9 Å². The predicted octanol–water partition coefficient (Wildman–Crippen LogP) is 5.74. The molecule has 0 radical (unpaired) electrons. The predicted molar refractivity (Wildman–Crippen MR) is 109 cm³/mol. The zero-order chi connectivity index (χ0) is 21.5. The van der Waals surface area contributed by atoms with Crippen LogP contribution in [0.5, 0.6) is 0 Å². The number of carbonyl (C=O) groups is 2. The highest BCUT2D eigenvalue weighted by Crippen LogP contribution is 2.35. The summed E-state index contributed by atoms with van der Waals surface area (Å²) in [5.41, 5.74) is 1.57. The van der Waals surface area contributed by atoms with E-state index in [2.05, 4.69) is 0 Å². The van der Waals surface area contributed by atoms with Crippen LogP contribution in [-0.4, -0.2) is 11.8 Å². The standard InChI is InChI=1S/C24H16F3NO2/c1-15-6-4-9-18(12-15)28-22(29)20-11-3-2-10-19(20)21(23(28)30)14-16-7-5-8-17(13-16)24(25,26)27/h2-14H,1H3. The van der Waals surface area contributed by atoms with E-state index in [1.165, 1.54) is 18.2 Å². The fraction of sp³-hybridized carbons (Fsp3) is 0.0833. The Labute approximate surface area is 171 Å². The molecular weight excluding hydrogens is 391 g/mol. The van der Waals surface area contributed by atoms with E-state index in [1.54, 1.807) is 42.5 Å². The summed E-state index contributed by atoms with van der Waals surface area (Å²) in [6.45, 7) is 1.84. The summed E-state index contributed by atoms with van der Waals surface area (Å²) in [6, 6.07) is 18.3. The Hall–Kier alpha value is -3.67. The second-order valence-corrected chi connectivity index (χ2v) is 7.01. The van der Waals surface area contributed by atoms with Crippen molar-refractivity contribution < 1.29 is 22.8 Å². The number of anilines is 1. The minimum Gasteiger partial charge on any atom is -0.268 e. The topological polar surface area (TPSA) is 37.4 Å². The summed E-state index contributed by atoms with van der Waals surface area (Å²) < 4.78 is 39.3. The maximum atomic E-state index is 13.3. The normalized spacial score (nSPS) is 15.5. The van der Waals surface area contributed by atoms with Gasteiger partial charge in [-0.1, -0.05) is 42.5 Å². The van der Waals surface area contributed by atoms with Gasteiger partial charge >= 0.3 is 6.18 Å². The Morgan fingerprint density at radius 3 is 2.20 bits per heavy atom. The molecule has 2 amide bonds. The molecule has 0 saturated carbocycles. The van der Waals surface area contributed by atoms with Crippen LogP contribution in [0.2, 0.25) is 0 Å². The molecule has 0 saturated heterocycles. The maximum Gasteiger partial charge on any atom is 0.416 e. The Kier molecular flexibility index (Phi) is 4.78.